The number of aliphatic hydroxyl groups is 1. The predicted molar refractivity (Wildman–Crippen MR) is 145 cm³/mol. The highest BCUT2D eigenvalue weighted by atomic mass is 32.1. The van der Waals surface area contributed by atoms with Crippen molar-refractivity contribution in [2.24, 2.45) is 5.41 Å². The summed E-state index contributed by atoms with van der Waals surface area (Å²) >= 11 is 4.36. The van der Waals surface area contributed by atoms with E-state index in [0.29, 0.717) is 12.8 Å². The Morgan fingerprint density at radius 2 is 1.63 bits per heavy atom. The molecule has 0 fully saturated rings. The van der Waals surface area contributed by atoms with Crippen LogP contribution in [-0.4, -0.2) is 35.4 Å². The van der Waals surface area contributed by atoms with Crippen LogP contribution in [0.3, 0.4) is 0 Å². The van der Waals surface area contributed by atoms with Crippen LogP contribution in [0.4, 0.5) is 0 Å². The van der Waals surface area contributed by atoms with Gasteiger partial charge in [0.1, 0.15) is 12.4 Å². The minimum atomic E-state index is -0.584. The first kappa shape index (κ1) is 28.9. The molecule has 0 aliphatic heterocycles. The molecule has 2 amide bonds. The zero-order valence-electron chi connectivity index (χ0n) is 22.1. The summed E-state index contributed by atoms with van der Waals surface area (Å²) in [6, 6.07) is 12.8. The quantitative estimate of drug-likeness (QED) is 0.289. The van der Waals surface area contributed by atoms with Gasteiger partial charge in [0.05, 0.1) is 11.4 Å². The summed E-state index contributed by atoms with van der Waals surface area (Å²) in [6.45, 7) is 14.8. The molecular weight excluding hydrogens is 458 g/mol. The third kappa shape index (κ3) is 6.89. The third-order valence-corrected chi connectivity index (χ3v) is 7.56. The Morgan fingerprint density at radius 1 is 1.06 bits per heavy atom. The van der Waals surface area contributed by atoms with E-state index in [2.05, 4.69) is 69.0 Å². The van der Waals surface area contributed by atoms with E-state index in [1.165, 1.54) is 11.1 Å². The normalized spacial score (nSPS) is 13.7. The van der Waals surface area contributed by atoms with Gasteiger partial charge in [0.15, 0.2) is 0 Å². The fraction of sp³-hybridized carbons (Fsp3) is 0.517. The number of aryl methyl sites for hydroxylation is 2. The van der Waals surface area contributed by atoms with Gasteiger partial charge in [-0.15, -0.1) is 0 Å². The molecule has 0 aliphatic carbocycles. The molecule has 35 heavy (non-hydrogen) atoms. The molecule has 0 bridgehead atoms. The van der Waals surface area contributed by atoms with Crippen molar-refractivity contribution in [3.63, 3.8) is 0 Å². The number of hydrogen-bond acceptors (Lipinski definition) is 5. The van der Waals surface area contributed by atoms with Gasteiger partial charge in [0, 0.05) is 5.41 Å². The second-order valence-electron chi connectivity index (χ2n) is 10.4. The Hall–Kier alpha value is -2.31. The van der Waals surface area contributed by atoms with E-state index in [1.807, 2.05) is 33.8 Å². The van der Waals surface area contributed by atoms with E-state index in [-0.39, 0.29) is 17.4 Å². The van der Waals surface area contributed by atoms with Crippen molar-refractivity contribution in [2.45, 2.75) is 84.5 Å². The van der Waals surface area contributed by atoms with Gasteiger partial charge in [-0.3, -0.25) is 14.9 Å². The number of thiol groups is 1. The smallest absolute Gasteiger partial charge is 0.239 e. The van der Waals surface area contributed by atoms with Crippen molar-refractivity contribution >= 4 is 24.9 Å². The largest absolute Gasteiger partial charge is 0.491 e. The number of imide groups is 1. The minimum absolute atomic E-state index is 0.160. The summed E-state index contributed by atoms with van der Waals surface area (Å²) in [6.07, 6.45) is 2.16. The summed E-state index contributed by atoms with van der Waals surface area (Å²) in [5, 5.41) is 11.9. The molecule has 0 spiro atoms. The number of nitrogens with one attached hydrogen (secondary N) is 1. The summed E-state index contributed by atoms with van der Waals surface area (Å²) < 4.78 is 5.96. The van der Waals surface area contributed by atoms with Gasteiger partial charge in [-0.2, -0.15) is 12.6 Å². The molecule has 5 nitrogen and oxygen atoms in total. The lowest BCUT2D eigenvalue weighted by atomic mass is 9.69. The maximum atomic E-state index is 11.9. The molecule has 2 unspecified atom stereocenters. The summed E-state index contributed by atoms with van der Waals surface area (Å²) in [5.74, 6) is 0.397. The zero-order chi connectivity index (χ0) is 26.4. The molecule has 0 radical (unpaired) electrons. The van der Waals surface area contributed by atoms with Crippen LogP contribution in [0.2, 0.25) is 0 Å². The van der Waals surface area contributed by atoms with Gasteiger partial charge in [-0.1, -0.05) is 65.0 Å². The maximum Gasteiger partial charge on any atom is 0.239 e. The lowest BCUT2D eigenvalue weighted by Gasteiger charge is -2.34. The molecule has 0 aromatic heterocycles. The van der Waals surface area contributed by atoms with E-state index in [0.717, 1.165) is 35.3 Å². The van der Waals surface area contributed by atoms with Crippen LogP contribution in [-0.2, 0) is 21.4 Å². The van der Waals surface area contributed by atoms with Gasteiger partial charge in [0.2, 0.25) is 12.3 Å². The monoisotopic (exact) mass is 499 g/mol. The van der Waals surface area contributed by atoms with Gasteiger partial charge in [0.25, 0.3) is 0 Å². The summed E-state index contributed by atoms with van der Waals surface area (Å²) in [5.41, 5.74) is 5.24. The Bertz CT molecular complexity index is 1020. The molecule has 2 N–H and O–H groups in total. The molecule has 0 saturated heterocycles. The van der Waals surface area contributed by atoms with Crippen LogP contribution >= 0.6 is 12.6 Å². The van der Waals surface area contributed by atoms with E-state index in [1.54, 1.807) is 0 Å². The molecule has 0 aliphatic rings. The van der Waals surface area contributed by atoms with E-state index in [9.17, 15) is 14.7 Å². The first-order chi connectivity index (χ1) is 16.4. The van der Waals surface area contributed by atoms with Crippen LogP contribution in [0.1, 0.15) is 75.3 Å². The summed E-state index contributed by atoms with van der Waals surface area (Å²) in [7, 11) is 0. The topological polar surface area (TPSA) is 75.6 Å². The third-order valence-electron chi connectivity index (χ3n) is 7.14. The van der Waals surface area contributed by atoms with Crippen molar-refractivity contribution in [3.05, 3.63) is 64.2 Å². The fourth-order valence-electron chi connectivity index (χ4n) is 4.44. The molecule has 2 rings (SSSR count). The maximum absolute atomic E-state index is 11.9. The summed E-state index contributed by atoms with van der Waals surface area (Å²) in [4.78, 5) is 22.5. The van der Waals surface area contributed by atoms with Gasteiger partial charge in [-0.05, 0) is 72.4 Å². The van der Waals surface area contributed by atoms with Crippen molar-refractivity contribution < 1.29 is 19.4 Å². The average molecular weight is 500 g/mol. The van der Waals surface area contributed by atoms with E-state index >= 15 is 0 Å². The minimum Gasteiger partial charge on any atom is -0.491 e. The number of amides is 2. The molecule has 6 heteroatoms. The van der Waals surface area contributed by atoms with E-state index in [4.69, 9.17) is 4.74 Å². The van der Waals surface area contributed by atoms with Gasteiger partial charge >= 0.3 is 0 Å². The highest BCUT2D eigenvalue weighted by Gasteiger charge is 2.32. The molecule has 2 aromatic rings. The Morgan fingerprint density at radius 3 is 2.11 bits per heavy atom. The van der Waals surface area contributed by atoms with Crippen molar-refractivity contribution in [1.82, 2.24) is 5.32 Å². The average Bonchev–Trinajstić information content (AvgIpc) is 2.80. The SMILES string of the molecule is CCC(CC)(c1ccc(CC(S)C(=O)NC=O)c(C)c1)c1ccc(OCC(O)C(C)(C)C)c(C)c1. The lowest BCUT2D eigenvalue weighted by Crippen LogP contribution is -2.32. The predicted octanol–water partition coefficient (Wildman–Crippen LogP) is 5.31. The first-order valence-corrected chi connectivity index (χ1v) is 12.8. The first-order valence-electron chi connectivity index (χ1n) is 12.3. The second kappa shape index (κ2) is 12.1. The fourth-order valence-corrected chi connectivity index (χ4v) is 4.71. The van der Waals surface area contributed by atoms with Crippen LogP contribution < -0.4 is 10.1 Å². The lowest BCUT2D eigenvalue weighted by molar-refractivity contribution is -0.124. The highest BCUT2D eigenvalue weighted by Crippen LogP contribution is 2.41. The number of carbonyl (C=O) groups excluding carboxylic acids is 2. The number of hydrogen-bond donors (Lipinski definition) is 3. The van der Waals surface area contributed by atoms with Gasteiger partial charge < -0.3 is 9.84 Å². The number of ether oxygens (including phenoxy) is 1. The molecule has 2 aromatic carbocycles. The zero-order valence-corrected chi connectivity index (χ0v) is 23.0. The van der Waals surface area contributed by atoms with E-state index < -0.39 is 17.3 Å². The number of carbonyl (C=O) groups is 2. The Balaban J connectivity index is 2.33. The van der Waals surface area contributed by atoms with Crippen molar-refractivity contribution in [1.29, 1.82) is 0 Å². The number of aliphatic hydroxyl groups excluding tert-OH is 1. The van der Waals surface area contributed by atoms with Gasteiger partial charge in [-0.25, -0.2) is 0 Å². The molecule has 2 atom stereocenters. The number of rotatable bonds is 11. The molecule has 0 saturated carbocycles. The van der Waals surface area contributed by atoms with Crippen molar-refractivity contribution in [2.75, 3.05) is 6.61 Å². The molecule has 192 valence electrons. The van der Waals surface area contributed by atoms with Crippen LogP contribution in [0.5, 0.6) is 5.75 Å². The van der Waals surface area contributed by atoms with Crippen LogP contribution in [0, 0.1) is 19.3 Å². The number of benzene rings is 2. The van der Waals surface area contributed by atoms with Crippen LogP contribution in [0.25, 0.3) is 0 Å². The Labute approximate surface area is 216 Å². The van der Waals surface area contributed by atoms with Crippen molar-refractivity contribution in [3.8, 4) is 5.75 Å². The van der Waals surface area contributed by atoms with Crippen LogP contribution in [0.15, 0.2) is 36.4 Å². The highest BCUT2D eigenvalue weighted by molar-refractivity contribution is 7.81. The molecular formula is C29H41NO4S. The second-order valence-corrected chi connectivity index (χ2v) is 11.1. The molecule has 0 heterocycles. The Kier molecular flexibility index (Phi) is 9.99. The standard InChI is InChI=1S/C29H41NO4S/c1-8-29(9-2,22-11-10-21(19(3)14-22)16-25(35)27(33)30-18-31)23-12-13-24(20(4)15-23)34-17-26(32)28(5,6)7/h10-15,18,25-26,32,35H,8-9,16-17H2,1-7H3,(H,30,31,33).